The quantitative estimate of drug-likeness (QED) is 0.721. The van der Waals surface area contributed by atoms with E-state index in [9.17, 15) is 0 Å². The first-order valence-electron chi connectivity index (χ1n) is 7.56. The molecule has 0 saturated carbocycles. The lowest BCUT2D eigenvalue weighted by molar-refractivity contribution is 1.10. The smallest absolute Gasteiger partial charge is 0.0388 e. The second-order valence-corrected chi connectivity index (χ2v) is 5.84. The summed E-state index contributed by atoms with van der Waals surface area (Å²) in [7, 11) is 0. The normalized spacial score (nSPS) is 12.0. The highest BCUT2D eigenvalue weighted by Gasteiger charge is 2.11. The maximum atomic E-state index is 4.20. The summed E-state index contributed by atoms with van der Waals surface area (Å²) < 4.78 is 0. The van der Waals surface area contributed by atoms with E-state index >= 15 is 0 Å². The van der Waals surface area contributed by atoms with Crippen LogP contribution in [0.15, 0.2) is 55.3 Å². The van der Waals surface area contributed by atoms with Crippen LogP contribution >= 0.6 is 0 Å². The van der Waals surface area contributed by atoms with Crippen molar-refractivity contribution in [1.29, 1.82) is 0 Å². The Morgan fingerprint density at radius 1 is 1.00 bits per heavy atom. The Kier molecular flexibility index (Phi) is 3.50. The Hall–Kier alpha value is -2.54. The Bertz CT molecular complexity index is 961. The summed E-state index contributed by atoms with van der Waals surface area (Å²) in [6.07, 6.45) is 2.16. The highest BCUT2D eigenvalue weighted by atomic mass is 14.9. The average molecular weight is 287 g/mol. The van der Waals surface area contributed by atoms with Crippen LogP contribution in [0.2, 0.25) is 0 Å². The van der Waals surface area contributed by atoms with Crippen LogP contribution < -0.4 is 10.5 Å². The van der Waals surface area contributed by atoms with Gasteiger partial charge in [-0.2, -0.15) is 0 Å². The fraction of sp³-hybridized carbons (Fsp3) is 0.143. The third-order valence-electron chi connectivity index (χ3n) is 4.16. The van der Waals surface area contributed by atoms with Gasteiger partial charge in [0.05, 0.1) is 0 Å². The lowest BCUT2D eigenvalue weighted by Gasteiger charge is -2.16. The third kappa shape index (κ3) is 2.19. The van der Waals surface area contributed by atoms with E-state index in [0.29, 0.717) is 0 Å². The maximum absolute atomic E-state index is 4.20. The highest BCUT2D eigenvalue weighted by molar-refractivity contribution is 6.14. The largest absolute Gasteiger partial charge is 0.360 e. The van der Waals surface area contributed by atoms with Gasteiger partial charge < -0.3 is 5.32 Å². The summed E-state index contributed by atoms with van der Waals surface area (Å²) in [5.41, 5.74) is 4.23. The standard InChI is InChI=1S/C21H21N/c1-6-16-9-11-18-14(4)7-8-17-10-12-19(20(16)21(17)18)15(5)22-13(2)3/h6-12,22H,2,5H2,1,3-4H3/b16-6-. The Labute approximate surface area is 131 Å². The molecule has 0 radical (unpaired) electrons. The van der Waals surface area contributed by atoms with Crippen molar-refractivity contribution in [1.82, 2.24) is 5.32 Å². The van der Waals surface area contributed by atoms with Gasteiger partial charge in [0.25, 0.3) is 0 Å². The zero-order chi connectivity index (χ0) is 15.9. The molecular weight excluding hydrogens is 266 g/mol. The Morgan fingerprint density at radius 3 is 2.41 bits per heavy atom. The molecule has 3 rings (SSSR count). The van der Waals surface area contributed by atoms with Gasteiger partial charge in [0.15, 0.2) is 0 Å². The molecule has 0 aliphatic carbocycles. The minimum absolute atomic E-state index is 0.895. The van der Waals surface area contributed by atoms with Crippen molar-refractivity contribution in [3.05, 3.63) is 71.6 Å². The molecule has 0 unspecified atom stereocenters. The van der Waals surface area contributed by atoms with E-state index in [1.54, 1.807) is 0 Å². The van der Waals surface area contributed by atoms with Gasteiger partial charge in [-0.1, -0.05) is 55.6 Å². The second kappa shape index (κ2) is 5.34. The molecule has 22 heavy (non-hydrogen) atoms. The van der Waals surface area contributed by atoms with Gasteiger partial charge in [-0.15, -0.1) is 0 Å². The van der Waals surface area contributed by atoms with Crippen molar-refractivity contribution in [2.75, 3.05) is 0 Å². The summed E-state index contributed by atoms with van der Waals surface area (Å²) in [4.78, 5) is 0. The van der Waals surface area contributed by atoms with Crippen LogP contribution in [0.3, 0.4) is 0 Å². The molecule has 0 amide bonds. The van der Waals surface area contributed by atoms with Crippen molar-refractivity contribution in [3.8, 4) is 0 Å². The topological polar surface area (TPSA) is 12.0 Å². The van der Waals surface area contributed by atoms with E-state index in [4.69, 9.17) is 0 Å². The predicted molar refractivity (Wildman–Crippen MR) is 98.5 cm³/mol. The van der Waals surface area contributed by atoms with Crippen molar-refractivity contribution in [2.45, 2.75) is 20.8 Å². The van der Waals surface area contributed by atoms with E-state index in [1.165, 1.54) is 32.3 Å². The molecule has 0 aliphatic heterocycles. The Balaban J connectivity index is 2.48. The van der Waals surface area contributed by atoms with E-state index in [1.807, 2.05) is 6.92 Å². The highest BCUT2D eigenvalue weighted by Crippen LogP contribution is 2.31. The lowest BCUT2D eigenvalue weighted by atomic mass is 9.92. The molecule has 3 aromatic rings. The van der Waals surface area contributed by atoms with Crippen molar-refractivity contribution < 1.29 is 0 Å². The van der Waals surface area contributed by atoms with Crippen molar-refractivity contribution in [2.24, 2.45) is 0 Å². The first-order chi connectivity index (χ1) is 10.5. The van der Waals surface area contributed by atoms with Crippen LogP contribution in [-0.4, -0.2) is 0 Å². The molecule has 0 spiro atoms. The van der Waals surface area contributed by atoms with E-state index in [0.717, 1.165) is 17.0 Å². The number of hydrogen-bond donors (Lipinski definition) is 1. The molecule has 0 bridgehead atoms. The fourth-order valence-electron chi connectivity index (χ4n) is 3.14. The number of aryl methyl sites for hydroxylation is 1. The molecule has 0 fully saturated rings. The molecule has 0 atom stereocenters. The van der Waals surface area contributed by atoms with Crippen LogP contribution in [-0.2, 0) is 0 Å². The van der Waals surface area contributed by atoms with Gasteiger partial charge in [-0.25, -0.2) is 0 Å². The molecule has 0 heterocycles. The van der Waals surface area contributed by atoms with Crippen molar-refractivity contribution >= 4 is 33.3 Å². The predicted octanol–water partition coefficient (Wildman–Crippen LogP) is 4.91. The molecule has 1 nitrogen and oxygen atoms in total. The Morgan fingerprint density at radius 2 is 1.73 bits per heavy atom. The van der Waals surface area contributed by atoms with E-state index in [-0.39, 0.29) is 0 Å². The zero-order valence-corrected chi connectivity index (χ0v) is 13.5. The van der Waals surface area contributed by atoms with Crippen LogP contribution in [0.1, 0.15) is 25.0 Å². The first kappa shape index (κ1) is 14.4. The van der Waals surface area contributed by atoms with Gasteiger partial charge in [-0.05, 0) is 53.1 Å². The molecular formula is C21H21N. The number of benzene rings is 3. The summed E-state index contributed by atoms with van der Waals surface area (Å²) in [6.45, 7) is 14.3. The molecule has 0 saturated heterocycles. The van der Waals surface area contributed by atoms with Crippen molar-refractivity contribution in [3.63, 3.8) is 0 Å². The molecule has 110 valence electrons. The number of allylic oxidation sites excluding steroid dienone is 1. The number of rotatable bonds is 3. The lowest BCUT2D eigenvalue weighted by Crippen LogP contribution is -2.11. The van der Waals surface area contributed by atoms with Crippen LogP contribution in [0, 0.1) is 6.92 Å². The molecule has 0 aliphatic rings. The second-order valence-electron chi connectivity index (χ2n) is 5.84. The van der Waals surface area contributed by atoms with Gasteiger partial charge in [0.1, 0.15) is 0 Å². The van der Waals surface area contributed by atoms with Crippen LogP contribution in [0.25, 0.3) is 33.3 Å². The molecule has 3 aromatic carbocycles. The monoisotopic (exact) mass is 287 g/mol. The van der Waals surface area contributed by atoms with E-state index < -0.39 is 0 Å². The summed E-state index contributed by atoms with van der Waals surface area (Å²) in [5.74, 6) is 0. The SMILES string of the molecule is C=C(C)NC(=C)c1ccc2ccc(C)c3cc/c(=C/C)c1c23. The number of nitrogens with one attached hydrogen (secondary N) is 1. The van der Waals surface area contributed by atoms with Gasteiger partial charge in [0.2, 0.25) is 0 Å². The summed E-state index contributed by atoms with van der Waals surface area (Å²) in [5, 5.41) is 9.66. The molecule has 1 heteroatoms. The fourth-order valence-corrected chi connectivity index (χ4v) is 3.14. The molecule has 0 aromatic heterocycles. The maximum Gasteiger partial charge on any atom is 0.0388 e. The molecule has 1 N–H and O–H groups in total. The third-order valence-corrected chi connectivity index (χ3v) is 4.16. The average Bonchev–Trinajstić information content (AvgIpc) is 2.49. The van der Waals surface area contributed by atoms with Crippen LogP contribution in [0.4, 0.5) is 0 Å². The van der Waals surface area contributed by atoms with Gasteiger partial charge >= 0.3 is 0 Å². The van der Waals surface area contributed by atoms with E-state index in [2.05, 4.69) is 74.8 Å². The van der Waals surface area contributed by atoms with Crippen LogP contribution in [0.5, 0.6) is 0 Å². The summed E-state index contributed by atoms with van der Waals surface area (Å²) in [6, 6.07) is 13.1. The summed E-state index contributed by atoms with van der Waals surface area (Å²) >= 11 is 0. The first-order valence-corrected chi connectivity index (χ1v) is 7.56. The number of hydrogen-bond acceptors (Lipinski definition) is 1. The minimum Gasteiger partial charge on any atom is -0.360 e. The zero-order valence-electron chi connectivity index (χ0n) is 13.5. The van der Waals surface area contributed by atoms with Gasteiger partial charge in [0, 0.05) is 17.0 Å². The minimum atomic E-state index is 0.895. The van der Waals surface area contributed by atoms with Gasteiger partial charge in [-0.3, -0.25) is 0 Å².